The quantitative estimate of drug-likeness (QED) is 0.109. The van der Waals surface area contributed by atoms with Gasteiger partial charge in [0.05, 0.1) is 19.3 Å². The Morgan fingerprint density at radius 2 is 1.38 bits per heavy atom. The first-order chi connectivity index (χ1) is 25.0. The molecule has 0 radical (unpaired) electrons. The highest BCUT2D eigenvalue weighted by Gasteiger charge is 2.31. The van der Waals surface area contributed by atoms with Crippen LogP contribution in [-0.2, 0) is 43.4 Å². The van der Waals surface area contributed by atoms with Gasteiger partial charge in [0.25, 0.3) is 0 Å². The molecule has 12 heteroatoms. The Balaban J connectivity index is 1.57. The first-order valence-corrected chi connectivity index (χ1v) is 17.7. The van der Waals surface area contributed by atoms with Gasteiger partial charge < -0.3 is 30.0 Å². The number of aliphatic hydroxyl groups excluding tert-OH is 1. The molecule has 53 heavy (non-hydrogen) atoms. The molecular weight excluding hydrogens is 686 g/mol. The number of carbonyl (C=O) groups is 4. The fourth-order valence-electron chi connectivity index (χ4n) is 5.43. The number of aliphatic hydroxyl groups is 1. The van der Waals surface area contributed by atoms with Crippen molar-refractivity contribution in [1.82, 2.24) is 10.6 Å². The topological polar surface area (TPSA) is 140 Å². The molecule has 0 saturated heterocycles. The van der Waals surface area contributed by atoms with Crippen LogP contribution in [0, 0.1) is 17.0 Å². The van der Waals surface area contributed by atoms with Crippen molar-refractivity contribution in [2.24, 2.45) is 5.41 Å². The molecule has 0 aliphatic carbocycles. The molecule has 3 aromatic rings. The Bertz CT molecular complexity index is 1630. The molecule has 3 atom stereocenters. The summed E-state index contributed by atoms with van der Waals surface area (Å²) in [6.07, 6.45) is -2.74. The van der Waals surface area contributed by atoms with E-state index in [1.165, 1.54) is 0 Å². The molecule has 0 heterocycles. The van der Waals surface area contributed by atoms with Gasteiger partial charge in [-0.1, -0.05) is 74.5 Å². The molecule has 0 aromatic heterocycles. The summed E-state index contributed by atoms with van der Waals surface area (Å²) in [5.74, 6) is -2.05. The number of hydrogen-bond donors (Lipinski definition) is 3. The van der Waals surface area contributed by atoms with Crippen molar-refractivity contribution in [2.45, 2.75) is 110 Å². The van der Waals surface area contributed by atoms with E-state index in [9.17, 15) is 33.1 Å². The molecule has 0 aliphatic rings. The van der Waals surface area contributed by atoms with Gasteiger partial charge in [-0.15, -0.1) is 0 Å². The first-order valence-electron chi connectivity index (χ1n) is 17.7. The van der Waals surface area contributed by atoms with Crippen LogP contribution in [0.15, 0.2) is 78.9 Å². The molecule has 3 rings (SSSR count). The predicted molar refractivity (Wildman–Crippen MR) is 196 cm³/mol. The van der Waals surface area contributed by atoms with E-state index in [4.69, 9.17) is 14.2 Å². The number of amides is 2. The maximum atomic E-state index is 14.5. The lowest BCUT2D eigenvalue weighted by Gasteiger charge is -2.28. The van der Waals surface area contributed by atoms with Gasteiger partial charge in [-0.25, -0.2) is 18.4 Å². The average Bonchev–Trinajstić information content (AvgIpc) is 3.10. The molecule has 0 fully saturated rings. The summed E-state index contributed by atoms with van der Waals surface area (Å²) in [6.45, 7) is 8.92. The van der Waals surface area contributed by atoms with Gasteiger partial charge in [-0.05, 0) is 80.3 Å². The first kappa shape index (κ1) is 42.7. The summed E-state index contributed by atoms with van der Waals surface area (Å²) < 4.78 is 44.8. The number of ketones is 2. The third kappa shape index (κ3) is 16.7. The maximum absolute atomic E-state index is 14.5. The highest BCUT2D eigenvalue weighted by molar-refractivity contribution is 5.84. The molecule has 0 saturated carbocycles. The molecule has 288 valence electrons. The number of rotatable bonds is 20. The van der Waals surface area contributed by atoms with Crippen LogP contribution in [0.5, 0.6) is 0 Å². The Hall–Kier alpha value is -4.68. The van der Waals surface area contributed by atoms with Crippen LogP contribution in [0.3, 0.4) is 0 Å². The second-order valence-corrected chi connectivity index (χ2v) is 14.9. The van der Waals surface area contributed by atoms with E-state index in [1.54, 1.807) is 45.0 Å². The minimum Gasteiger partial charge on any atom is -0.445 e. The monoisotopic (exact) mass is 738 g/mol. The second kappa shape index (κ2) is 20.5. The van der Waals surface area contributed by atoms with E-state index in [-0.39, 0.29) is 56.9 Å². The van der Waals surface area contributed by atoms with Crippen molar-refractivity contribution < 1.29 is 47.3 Å². The minimum absolute atomic E-state index is 0.00786. The summed E-state index contributed by atoms with van der Waals surface area (Å²) in [5.41, 5.74) is 0.328. The van der Waals surface area contributed by atoms with Crippen molar-refractivity contribution in [3.05, 3.63) is 107 Å². The van der Waals surface area contributed by atoms with Gasteiger partial charge in [0.1, 0.15) is 35.7 Å². The Kier molecular flexibility index (Phi) is 16.6. The number of Topliss-reactive ketones (excluding diaryl/α,β-unsaturated/α-hetero) is 2. The number of ether oxygens (including phenoxy) is 3. The van der Waals surface area contributed by atoms with E-state index >= 15 is 0 Å². The highest BCUT2D eigenvalue weighted by atomic mass is 19.1. The van der Waals surface area contributed by atoms with E-state index in [0.717, 1.165) is 29.3 Å². The smallest absolute Gasteiger partial charge is 0.408 e. The lowest BCUT2D eigenvalue weighted by Crippen LogP contribution is -2.51. The van der Waals surface area contributed by atoms with Crippen LogP contribution >= 0.6 is 0 Å². The molecule has 3 unspecified atom stereocenters. The van der Waals surface area contributed by atoms with Gasteiger partial charge >= 0.3 is 12.2 Å². The van der Waals surface area contributed by atoms with Crippen molar-refractivity contribution in [2.75, 3.05) is 6.61 Å². The van der Waals surface area contributed by atoms with Crippen LogP contribution in [0.1, 0.15) is 83.4 Å². The minimum atomic E-state index is -1.58. The van der Waals surface area contributed by atoms with Crippen LogP contribution in [0.4, 0.5) is 18.4 Å². The molecular formula is C41H52F2N2O8. The third-order valence-electron chi connectivity index (χ3n) is 8.43. The molecule has 2 amide bonds. The van der Waals surface area contributed by atoms with Gasteiger partial charge in [0.15, 0.2) is 5.78 Å². The van der Waals surface area contributed by atoms with Crippen molar-refractivity contribution in [3.8, 4) is 0 Å². The van der Waals surface area contributed by atoms with E-state index in [2.05, 4.69) is 10.6 Å². The van der Waals surface area contributed by atoms with Gasteiger partial charge in [-0.3, -0.25) is 9.59 Å². The largest absolute Gasteiger partial charge is 0.445 e. The van der Waals surface area contributed by atoms with Crippen molar-refractivity contribution in [1.29, 1.82) is 0 Å². The fourth-order valence-corrected chi connectivity index (χ4v) is 5.43. The lowest BCUT2D eigenvalue weighted by molar-refractivity contribution is -0.130. The summed E-state index contributed by atoms with van der Waals surface area (Å²) >= 11 is 0. The van der Waals surface area contributed by atoms with Gasteiger partial charge in [0.2, 0.25) is 0 Å². The summed E-state index contributed by atoms with van der Waals surface area (Å²) in [4.78, 5) is 51.6. The van der Waals surface area contributed by atoms with E-state index in [1.807, 2.05) is 50.2 Å². The third-order valence-corrected chi connectivity index (χ3v) is 8.43. The second-order valence-electron chi connectivity index (χ2n) is 14.9. The number of benzene rings is 3. The zero-order valence-corrected chi connectivity index (χ0v) is 31.2. The summed E-state index contributed by atoms with van der Waals surface area (Å²) in [7, 11) is 0. The van der Waals surface area contributed by atoms with Crippen LogP contribution in [0.2, 0.25) is 0 Å². The van der Waals surface area contributed by atoms with Crippen molar-refractivity contribution in [3.63, 3.8) is 0 Å². The number of hydrogen-bond acceptors (Lipinski definition) is 8. The number of halogens is 2. The predicted octanol–water partition coefficient (Wildman–Crippen LogP) is 7.39. The zero-order chi connectivity index (χ0) is 39.0. The SMILES string of the molecule is CC(C)(CCC(=O)CC(Cc1cc(F)ccc1F)NC(=O)OCc1ccccc1)CCC(=O)C(O)C(COCc1ccccc1)NC(=O)OC(C)(C)C. The molecule has 0 aliphatic heterocycles. The Morgan fingerprint density at radius 1 is 0.774 bits per heavy atom. The number of alkyl carbamates (subject to hydrolysis) is 2. The molecule has 0 spiro atoms. The lowest BCUT2D eigenvalue weighted by atomic mass is 9.81. The maximum Gasteiger partial charge on any atom is 0.408 e. The number of nitrogens with one attached hydrogen (secondary N) is 2. The molecule has 3 aromatic carbocycles. The van der Waals surface area contributed by atoms with Gasteiger partial charge in [0, 0.05) is 25.3 Å². The van der Waals surface area contributed by atoms with Crippen LogP contribution in [-0.4, -0.2) is 59.3 Å². The summed E-state index contributed by atoms with van der Waals surface area (Å²) in [5, 5.41) is 16.2. The summed E-state index contributed by atoms with van der Waals surface area (Å²) in [6, 6.07) is 19.4. The standard InChI is InChI=1S/C41H52F2N2O8/c1-40(2,3)53-39(50)45-35(27-51-25-28-12-8-6-9-13-28)37(48)36(47)19-21-41(4,5)20-18-33(46)24-32(23-30-22-31(42)16-17-34(30)43)44-38(49)52-26-29-14-10-7-11-15-29/h6-17,22,32,35,37,48H,18-21,23-27H2,1-5H3,(H,44,49)(H,45,50). The zero-order valence-electron chi connectivity index (χ0n) is 31.2. The molecule has 10 nitrogen and oxygen atoms in total. The molecule has 0 bridgehead atoms. The fraction of sp³-hybridized carbons (Fsp3) is 0.463. The Morgan fingerprint density at radius 3 is 2.00 bits per heavy atom. The van der Waals surface area contributed by atoms with Gasteiger partial charge in [-0.2, -0.15) is 0 Å². The normalized spacial score (nSPS) is 13.4. The highest BCUT2D eigenvalue weighted by Crippen LogP contribution is 2.29. The molecule has 3 N–H and O–H groups in total. The van der Waals surface area contributed by atoms with Crippen LogP contribution in [0.25, 0.3) is 0 Å². The number of carbonyl (C=O) groups excluding carboxylic acids is 4. The van der Waals surface area contributed by atoms with E-state index < -0.39 is 58.8 Å². The average molecular weight is 739 g/mol. The van der Waals surface area contributed by atoms with E-state index in [0.29, 0.717) is 12.8 Å². The van der Waals surface area contributed by atoms with Crippen molar-refractivity contribution >= 4 is 23.8 Å². The Labute approximate surface area is 310 Å². The van der Waals surface area contributed by atoms with Crippen LogP contribution < -0.4 is 10.6 Å².